The fourth-order valence-corrected chi connectivity index (χ4v) is 3.06. The van der Waals surface area contributed by atoms with Gasteiger partial charge in [0.2, 0.25) is 0 Å². The highest BCUT2D eigenvalue weighted by molar-refractivity contribution is 5.31. The van der Waals surface area contributed by atoms with Gasteiger partial charge in [-0.2, -0.15) is 0 Å². The Morgan fingerprint density at radius 2 is 2.10 bits per heavy atom. The zero-order valence-electron chi connectivity index (χ0n) is 13.0. The van der Waals surface area contributed by atoms with Crippen LogP contribution in [0.4, 0.5) is 0 Å². The molecule has 0 aliphatic heterocycles. The van der Waals surface area contributed by atoms with E-state index >= 15 is 0 Å². The summed E-state index contributed by atoms with van der Waals surface area (Å²) in [5.41, 5.74) is 2.90. The number of hydrogen-bond donors (Lipinski definition) is 1. The standard InChI is InChI=1S/C18H29NO/c1-3-8-16(19-13-4-2)14-20-18-12-7-10-15-9-5-6-11-17(15)18/h5-6,9,11,16,18-19H,3-4,7-8,10,12-14H2,1-2H3. The van der Waals surface area contributed by atoms with Gasteiger partial charge in [-0.25, -0.2) is 0 Å². The van der Waals surface area contributed by atoms with Crippen LogP contribution in [0.15, 0.2) is 24.3 Å². The Labute approximate surface area is 123 Å². The molecule has 2 unspecified atom stereocenters. The van der Waals surface area contributed by atoms with Gasteiger partial charge in [0.1, 0.15) is 0 Å². The maximum absolute atomic E-state index is 6.26. The lowest BCUT2D eigenvalue weighted by molar-refractivity contribution is 0.0251. The van der Waals surface area contributed by atoms with E-state index in [0.29, 0.717) is 12.1 Å². The van der Waals surface area contributed by atoms with Crippen LogP contribution >= 0.6 is 0 Å². The van der Waals surface area contributed by atoms with Crippen molar-refractivity contribution in [3.63, 3.8) is 0 Å². The molecule has 1 aliphatic rings. The first-order chi connectivity index (χ1) is 9.85. The third kappa shape index (κ3) is 4.32. The van der Waals surface area contributed by atoms with Crippen LogP contribution in [-0.4, -0.2) is 19.2 Å². The topological polar surface area (TPSA) is 21.3 Å². The zero-order chi connectivity index (χ0) is 14.2. The van der Waals surface area contributed by atoms with E-state index in [0.717, 1.165) is 13.2 Å². The highest BCUT2D eigenvalue weighted by atomic mass is 16.5. The van der Waals surface area contributed by atoms with Crippen molar-refractivity contribution in [1.29, 1.82) is 0 Å². The molecule has 2 heteroatoms. The minimum absolute atomic E-state index is 0.308. The minimum atomic E-state index is 0.308. The van der Waals surface area contributed by atoms with Gasteiger partial charge in [-0.3, -0.25) is 0 Å². The molecule has 1 N–H and O–H groups in total. The predicted octanol–water partition coefficient (Wildman–Crippen LogP) is 4.25. The van der Waals surface area contributed by atoms with Crippen molar-refractivity contribution in [1.82, 2.24) is 5.32 Å². The Morgan fingerprint density at radius 1 is 1.25 bits per heavy atom. The molecule has 20 heavy (non-hydrogen) atoms. The first kappa shape index (κ1) is 15.5. The summed E-state index contributed by atoms with van der Waals surface area (Å²) in [7, 11) is 0. The molecule has 0 saturated heterocycles. The summed E-state index contributed by atoms with van der Waals surface area (Å²) in [4.78, 5) is 0. The van der Waals surface area contributed by atoms with Crippen LogP contribution in [0.25, 0.3) is 0 Å². The fourth-order valence-electron chi connectivity index (χ4n) is 3.06. The number of ether oxygens (including phenoxy) is 1. The lowest BCUT2D eigenvalue weighted by Gasteiger charge is -2.28. The van der Waals surface area contributed by atoms with Crippen molar-refractivity contribution in [3.05, 3.63) is 35.4 Å². The summed E-state index contributed by atoms with van der Waals surface area (Å²) < 4.78 is 6.26. The van der Waals surface area contributed by atoms with Gasteiger partial charge in [-0.15, -0.1) is 0 Å². The van der Waals surface area contributed by atoms with Crippen LogP contribution in [0.2, 0.25) is 0 Å². The van der Waals surface area contributed by atoms with Crippen LogP contribution in [0.3, 0.4) is 0 Å². The number of aryl methyl sites for hydroxylation is 1. The van der Waals surface area contributed by atoms with Gasteiger partial charge in [0.05, 0.1) is 12.7 Å². The molecule has 2 atom stereocenters. The molecule has 1 aromatic rings. The molecule has 0 amide bonds. The summed E-state index contributed by atoms with van der Waals surface area (Å²) in [6.45, 7) is 6.40. The van der Waals surface area contributed by atoms with Gasteiger partial charge >= 0.3 is 0 Å². The minimum Gasteiger partial charge on any atom is -0.372 e. The molecular formula is C18H29NO. The lowest BCUT2D eigenvalue weighted by Crippen LogP contribution is -2.34. The lowest BCUT2D eigenvalue weighted by atomic mass is 9.89. The van der Waals surface area contributed by atoms with E-state index in [1.165, 1.54) is 49.7 Å². The van der Waals surface area contributed by atoms with Crippen LogP contribution in [0.5, 0.6) is 0 Å². The van der Waals surface area contributed by atoms with E-state index in [1.807, 2.05) is 0 Å². The summed E-state index contributed by atoms with van der Waals surface area (Å²) in [6.07, 6.45) is 7.55. The SMILES string of the molecule is CCCNC(CCC)COC1CCCc2ccccc21. The molecule has 112 valence electrons. The normalized spacial score (nSPS) is 19.6. The van der Waals surface area contributed by atoms with E-state index in [2.05, 4.69) is 43.4 Å². The van der Waals surface area contributed by atoms with Crippen molar-refractivity contribution >= 4 is 0 Å². The maximum atomic E-state index is 6.26. The van der Waals surface area contributed by atoms with Crippen molar-refractivity contribution in [2.24, 2.45) is 0 Å². The molecule has 1 aliphatic carbocycles. The van der Waals surface area contributed by atoms with Crippen LogP contribution < -0.4 is 5.32 Å². The van der Waals surface area contributed by atoms with Gasteiger partial charge < -0.3 is 10.1 Å². The van der Waals surface area contributed by atoms with Gasteiger partial charge in [0.25, 0.3) is 0 Å². The van der Waals surface area contributed by atoms with Crippen LogP contribution in [0.1, 0.15) is 63.2 Å². The predicted molar refractivity (Wildman–Crippen MR) is 85.1 cm³/mol. The second kappa shape index (κ2) is 8.43. The molecule has 2 nitrogen and oxygen atoms in total. The van der Waals surface area contributed by atoms with E-state index in [4.69, 9.17) is 4.74 Å². The Morgan fingerprint density at radius 3 is 2.90 bits per heavy atom. The summed E-state index contributed by atoms with van der Waals surface area (Å²) >= 11 is 0. The third-order valence-corrected chi connectivity index (χ3v) is 4.13. The van der Waals surface area contributed by atoms with Gasteiger partial charge in [0, 0.05) is 6.04 Å². The van der Waals surface area contributed by atoms with Gasteiger partial charge in [-0.1, -0.05) is 44.5 Å². The number of nitrogens with one attached hydrogen (secondary N) is 1. The van der Waals surface area contributed by atoms with Crippen molar-refractivity contribution in [2.75, 3.05) is 13.2 Å². The molecule has 2 rings (SSSR count). The van der Waals surface area contributed by atoms with Crippen LogP contribution in [0, 0.1) is 0 Å². The Balaban J connectivity index is 1.89. The summed E-state index contributed by atoms with van der Waals surface area (Å²) in [5, 5.41) is 3.61. The molecule has 0 radical (unpaired) electrons. The highest BCUT2D eigenvalue weighted by Gasteiger charge is 2.21. The molecule has 0 fully saturated rings. The number of benzene rings is 1. The number of hydrogen-bond acceptors (Lipinski definition) is 2. The molecule has 0 heterocycles. The Kier molecular flexibility index (Phi) is 6.55. The molecule has 0 saturated carbocycles. The molecule has 1 aromatic carbocycles. The van der Waals surface area contributed by atoms with Gasteiger partial charge in [-0.05, 0) is 49.8 Å². The summed E-state index contributed by atoms with van der Waals surface area (Å²) in [6, 6.07) is 9.29. The highest BCUT2D eigenvalue weighted by Crippen LogP contribution is 2.32. The fraction of sp³-hybridized carbons (Fsp3) is 0.667. The second-order valence-electron chi connectivity index (χ2n) is 5.85. The van der Waals surface area contributed by atoms with E-state index in [1.54, 1.807) is 0 Å². The van der Waals surface area contributed by atoms with Crippen molar-refractivity contribution < 1.29 is 4.74 Å². The molecule has 0 bridgehead atoms. The number of rotatable bonds is 8. The smallest absolute Gasteiger partial charge is 0.0828 e. The molecule has 0 spiro atoms. The summed E-state index contributed by atoms with van der Waals surface area (Å²) in [5.74, 6) is 0. The van der Waals surface area contributed by atoms with Crippen molar-refractivity contribution in [2.45, 2.75) is 64.5 Å². The average Bonchev–Trinajstić information content (AvgIpc) is 2.50. The molecule has 0 aromatic heterocycles. The quantitative estimate of drug-likeness (QED) is 0.766. The Bertz CT molecular complexity index is 391. The molecular weight excluding hydrogens is 246 g/mol. The number of fused-ring (bicyclic) bond motifs is 1. The third-order valence-electron chi connectivity index (χ3n) is 4.13. The van der Waals surface area contributed by atoms with E-state index < -0.39 is 0 Å². The van der Waals surface area contributed by atoms with Crippen LogP contribution in [-0.2, 0) is 11.2 Å². The van der Waals surface area contributed by atoms with Crippen molar-refractivity contribution in [3.8, 4) is 0 Å². The second-order valence-corrected chi connectivity index (χ2v) is 5.85. The largest absolute Gasteiger partial charge is 0.372 e. The average molecular weight is 275 g/mol. The Hall–Kier alpha value is -0.860. The monoisotopic (exact) mass is 275 g/mol. The maximum Gasteiger partial charge on any atom is 0.0828 e. The van der Waals surface area contributed by atoms with E-state index in [9.17, 15) is 0 Å². The van der Waals surface area contributed by atoms with E-state index in [-0.39, 0.29) is 0 Å². The first-order valence-electron chi connectivity index (χ1n) is 8.28. The van der Waals surface area contributed by atoms with Gasteiger partial charge in [0.15, 0.2) is 0 Å². The zero-order valence-corrected chi connectivity index (χ0v) is 13.0. The first-order valence-corrected chi connectivity index (χ1v) is 8.28.